The van der Waals surface area contributed by atoms with Crippen LogP contribution in [0.5, 0.6) is 11.5 Å². The van der Waals surface area contributed by atoms with Gasteiger partial charge in [-0.3, -0.25) is 4.79 Å². The van der Waals surface area contributed by atoms with Crippen LogP contribution in [-0.4, -0.2) is 57.2 Å². The van der Waals surface area contributed by atoms with Crippen molar-refractivity contribution >= 4 is 17.6 Å². The maximum atomic E-state index is 11.8. The number of amides is 1. The maximum absolute atomic E-state index is 11.8. The Labute approximate surface area is 150 Å². The number of carbonyl (C=O) groups excluding carboxylic acids is 1. The number of rotatable bonds is 8. The van der Waals surface area contributed by atoms with Crippen molar-refractivity contribution in [1.82, 2.24) is 10.2 Å². The van der Waals surface area contributed by atoms with Crippen LogP contribution in [0, 0.1) is 0 Å². The summed E-state index contributed by atoms with van der Waals surface area (Å²) in [6, 6.07) is 5.79. The third-order valence-electron chi connectivity index (χ3n) is 3.59. The lowest BCUT2D eigenvalue weighted by molar-refractivity contribution is -0.127. The van der Waals surface area contributed by atoms with Gasteiger partial charge in [-0.1, -0.05) is 6.92 Å². The summed E-state index contributed by atoms with van der Waals surface area (Å²) in [4.78, 5) is 17.7. The highest BCUT2D eigenvalue weighted by atomic mass is 16.5. The molecule has 7 heteroatoms. The number of anilines is 1. The molecule has 0 saturated heterocycles. The van der Waals surface area contributed by atoms with Gasteiger partial charge >= 0.3 is 0 Å². The molecule has 1 aromatic rings. The molecule has 1 aromatic carbocycles. The van der Waals surface area contributed by atoms with Gasteiger partial charge in [0.05, 0.1) is 13.7 Å². The van der Waals surface area contributed by atoms with Crippen LogP contribution < -0.4 is 20.1 Å². The quantitative estimate of drug-likeness (QED) is 0.556. The minimum absolute atomic E-state index is 0.0602. The summed E-state index contributed by atoms with van der Waals surface area (Å²) in [6.45, 7) is 6.69. The van der Waals surface area contributed by atoms with Gasteiger partial charge in [-0.25, -0.2) is 4.99 Å². The molecule has 2 N–H and O–H groups in total. The van der Waals surface area contributed by atoms with Crippen molar-refractivity contribution in [3.8, 4) is 11.5 Å². The van der Waals surface area contributed by atoms with E-state index in [4.69, 9.17) is 9.47 Å². The summed E-state index contributed by atoms with van der Waals surface area (Å²) in [5, 5.41) is 6.51. The number of guanidine groups is 1. The molecule has 0 aliphatic carbocycles. The Hall–Kier alpha value is -2.44. The Morgan fingerprint density at radius 1 is 1.28 bits per heavy atom. The minimum atomic E-state index is -0.0602. The fourth-order valence-electron chi connectivity index (χ4n) is 1.90. The van der Waals surface area contributed by atoms with E-state index in [0.717, 1.165) is 12.1 Å². The number of hydrogen-bond donors (Lipinski definition) is 2. The molecule has 0 bridgehead atoms. The fourth-order valence-corrected chi connectivity index (χ4v) is 1.90. The summed E-state index contributed by atoms with van der Waals surface area (Å²) < 4.78 is 10.9. The zero-order valence-electron chi connectivity index (χ0n) is 16.0. The van der Waals surface area contributed by atoms with Crippen LogP contribution in [0.25, 0.3) is 0 Å². The van der Waals surface area contributed by atoms with Gasteiger partial charge in [-0.05, 0) is 32.4 Å². The predicted octanol–water partition coefficient (Wildman–Crippen LogP) is 2.34. The van der Waals surface area contributed by atoms with Crippen LogP contribution in [0.3, 0.4) is 0 Å². The maximum Gasteiger partial charge on any atom is 0.243 e. The molecule has 0 aromatic heterocycles. The molecular formula is C18H30N4O3. The standard InChI is InChI=1S/C18H30N4O3/c1-7-13(3)20-18(19-12-17(23)22(4)5)21-14-9-10-15(24-6)16(11-14)25-8-2/h9-11,13H,7-8,12H2,1-6H3,(H2,19,20,21). The molecule has 0 aliphatic rings. The van der Waals surface area contributed by atoms with E-state index in [1.165, 1.54) is 4.90 Å². The highest BCUT2D eigenvalue weighted by Crippen LogP contribution is 2.30. The van der Waals surface area contributed by atoms with Gasteiger partial charge in [0.1, 0.15) is 6.54 Å². The zero-order chi connectivity index (χ0) is 18.8. The second-order valence-corrected chi connectivity index (χ2v) is 5.83. The lowest BCUT2D eigenvalue weighted by atomic mass is 10.2. The second-order valence-electron chi connectivity index (χ2n) is 5.83. The van der Waals surface area contributed by atoms with Gasteiger partial charge in [0.2, 0.25) is 5.91 Å². The molecule has 7 nitrogen and oxygen atoms in total. The predicted molar refractivity (Wildman–Crippen MR) is 102 cm³/mol. The Kier molecular flexibility index (Phi) is 8.60. The molecule has 0 heterocycles. The van der Waals surface area contributed by atoms with Crippen LogP contribution >= 0.6 is 0 Å². The molecule has 140 valence electrons. The fraction of sp³-hybridized carbons (Fsp3) is 0.556. The highest BCUT2D eigenvalue weighted by Gasteiger charge is 2.10. The van der Waals surface area contributed by atoms with Crippen LogP contribution in [0.4, 0.5) is 5.69 Å². The van der Waals surface area contributed by atoms with Gasteiger partial charge in [0.25, 0.3) is 0 Å². The van der Waals surface area contributed by atoms with E-state index in [2.05, 4.69) is 29.5 Å². The number of methoxy groups -OCH3 is 1. The normalized spacial score (nSPS) is 12.3. The van der Waals surface area contributed by atoms with E-state index in [1.54, 1.807) is 21.2 Å². The van der Waals surface area contributed by atoms with E-state index in [1.807, 2.05) is 25.1 Å². The van der Waals surface area contributed by atoms with Gasteiger partial charge in [-0.15, -0.1) is 0 Å². The highest BCUT2D eigenvalue weighted by molar-refractivity contribution is 5.95. The molecule has 1 unspecified atom stereocenters. The summed E-state index contributed by atoms with van der Waals surface area (Å²) >= 11 is 0. The van der Waals surface area contributed by atoms with E-state index in [9.17, 15) is 4.79 Å². The van der Waals surface area contributed by atoms with Crippen LogP contribution in [0.15, 0.2) is 23.2 Å². The first-order valence-electron chi connectivity index (χ1n) is 8.50. The smallest absolute Gasteiger partial charge is 0.243 e. The molecule has 0 spiro atoms. The Balaban J connectivity index is 2.97. The van der Waals surface area contributed by atoms with Gasteiger partial charge in [0.15, 0.2) is 17.5 Å². The van der Waals surface area contributed by atoms with Crippen LogP contribution in [0.1, 0.15) is 27.2 Å². The van der Waals surface area contributed by atoms with E-state index in [0.29, 0.717) is 24.1 Å². The number of hydrogen-bond acceptors (Lipinski definition) is 4. The van der Waals surface area contributed by atoms with Crippen molar-refractivity contribution in [3.63, 3.8) is 0 Å². The van der Waals surface area contributed by atoms with Crippen molar-refractivity contribution in [2.75, 3.05) is 39.7 Å². The van der Waals surface area contributed by atoms with E-state index < -0.39 is 0 Å². The first-order valence-corrected chi connectivity index (χ1v) is 8.50. The van der Waals surface area contributed by atoms with Crippen molar-refractivity contribution in [3.05, 3.63) is 18.2 Å². The summed E-state index contributed by atoms with van der Waals surface area (Å²) in [5.41, 5.74) is 0.802. The average molecular weight is 350 g/mol. The summed E-state index contributed by atoms with van der Waals surface area (Å²) in [5.74, 6) is 1.82. The van der Waals surface area contributed by atoms with Crippen LogP contribution in [0.2, 0.25) is 0 Å². The monoisotopic (exact) mass is 350 g/mol. The van der Waals surface area contributed by atoms with Gasteiger partial charge in [0, 0.05) is 31.9 Å². The van der Waals surface area contributed by atoms with Crippen molar-refractivity contribution in [2.45, 2.75) is 33.2 Å². The van der Waals surface area contributed by atoms with Crippen LogP contribution in [-0.2, 0) is 4.79 Å². The minimum Gasteiger partial charge on any atom is -0.493 e. The summed E-state index contributed by atoms with van der Waals surface area (Å²) in [7, 11) is 5.03. The number of benzene rings is 1. The van der Waals surface area contributed by atoms with Crippen molar-refractivity contribution in [2.24, 2.45) is 4.99 Å². The molecule has 0 radical (unpaired) electrons. The molecule has 1 rings (SSSR count). The molecule has 1 atom stereocenters. The number of nitrogens with zero attached hydrogens (tertiary/aromatic N) is 2. The largest absolute Gasteiger partial charge is 0.493 e. The number of likely N-dealkylation sites (N-methyl/N-ethyl adjacent to an activating group) is 1. The zero-order valence-corrected chi connectivity index (χ0v) is 16.0. The first-order chi connectivity index (χ1) is 11.9. The number of ether oxygens (including phenoxy) is 2. The molecule has 0 saturated carbocycles. The molecular weight excluding hydrogens is 320 g/mol. The van der Waals surface area contributed by atoms with Crippen molar-refractivity contribution < 1.29 is 14.3 Å². The molecule has 0 aliphatic heterocycles. The first kappa shape index (κ1) is 20.6. The van der Waals surface area contributed by atoms with Gasteiger partial charge < -0.3 is 25.0 Å². The number of nitrogens with one attached hydrogen (secondary N) is 2. The van der Waals surface area contributed by atoms with E-state index in [-0.39, 0.29) is 18.5 Å². The Morgan fingerprint density at radius 3 is 2.56 bits per heavy atom. The van der Waals surface area contributed by atoms with E-state index >= 15 is 0 Å². The lowest BCUT2D eigenvalue weighted by Gasteiger charge is -2.18. The Morgan fingerprint density at radius 2 is 2.00 bits per heavy atom. The number of carbonyl (C=O) groups is 1. The molecule has 25 heavy (non-hydrogen) atoms. The Bertz CT molecular complexity index is 588. The third-order valence-corrected chi connectivity index (χ3v) is 3.59. The van der Waals surface area contributed by atoms with Gasteiger partial charge in [-0.2, -0.15) is 0 Å². The second kappa shape index (κ2) is 10.4. The molecule has 1 amide bonds. The SMILES string of the molecule is CCOc1cc(NC(=NCC(=O)N(C)C)NC(C)CC)ccc1OC. The topological polar surface area (TPSA) is 75.2 Å². The third kappa shape index (κ3) is 6.91. The average Bonchev–Trinajstić information content (AvgIpc) is 2.59. The van der Waals surface area contributed by atoms with Crippen molar-refractivity contribution in [1.29, 1.82) is 0 Å². The molecule has 0 fully saturated rings. The number of aliphatic imine (C=N–C) groups is 1. The summed E-state index contributed by atoms with van der Waals surface area (Å²) in [6.07, 6.45) is 0.940. The lowest BCUT2D eigenvalue weighted by Crippen LogP contribution is -2.38.